The Balaban J connectivity index is 2.61. The summed E-state index contributed by atoms with van der Waals surface area (Å²) >= 11 is 0. The summed E-state index contributed by atoms with van der Waals surface area (Å²) in [6.45, 7) is 4.50. The smallest absolute Gasteiger partial charge is 0.211 e. The van der Waals surface area contributed by atoms with Crippen molar-refractivity contribution >= 4 is 15.8 Å². The molecule has 0 N–H and O–H groups in total. The number of Topliss-reactive ketones (excluding diaryl/α,β-unsaturated/α-hetero) is 1. The van der Waals surface area contributed by atoms with Crippen LogP contribution >= 0.6 is 0 Å². The molecule has 0 aliphatic carbocycles. The van der Waals surface area contributed by atoms with Crippen molar-refractivity contribution in [2.24, 2.45) is 5.92 Å². The van der Waals surface area contributed by atoms with Gasteiger partial charge < -0.3 is 4.74 Å². The summed E-state index contributed by atoms with van der Waals surface area (Å²) in [5.41, 5.74) is -0.784. The summed E-state index contributed by atoms with van der Waals surface area (Å²) in [4.78, 5) is 12.0. The average Bonchev–Trinajstić information content (AvgIpc) is 2.28. The number of hydrogen-bond acceptors (Lipinski definition) is 4. The summed E-state index contributed by atoms with van der Waals surface area (Å²) in [5.74, 6) is 0.140. The minimum Gasteiger partial charge on any atom is -0.371 e. The largest absolute Gasteiger partial charge is 0.371 e. The normalized spacial score (nSPS) is 23.0. The van der Waals surface area contributed by atoms with Crippen molar-refractivity contribution in [1.82, 2.24) is 4.31 Å². The first-order valence-corrected chi connectivity index (χ1v) is 8.05. The van der Waals surface area contributed by atoms with E-state index in [9.17, 15) is 13.2 Å². The molecule has 0 spiro atoms. The highest BCUT2D eigenvalue weighted by Gasteiger charge is 2.32. The molecule has 106 valence electrons. The van der Waals surface area contributed by atoms with E-state index in [1.165, 1.54) is 17.7 Å². The molecule has 1 aliphatic rings. The van der Waals surface area contributed by atoms with Crippen molar-refractivity contribution in [3.63, 3.8) is 0 Å². The van der Waals surface area contributed by atoms with Crippen LogP contribution in [0.1, 0.15) is 33.1 Å². The number of ether oxygens (including phenoxy) is 1. The molecule has 0 radical (unpaired) electrons. The second-order valence-corrected chi connectivity index (χ2v) is 7.45. The fourth-order valence-corrected chi connectivity index (χ4v) is 3.06. The number of carbonyl (C=O) groups excluding carboxylic acids is 1. The van der Waals surface area contributed by atoms with Gasteiger partial charge in [-0.1, -0.05) is 0 Å². The van der Waals surface area contributed by atoms with E-state index in [0.717, 1.165) is 12.8 Å². The Morgan fingerprint density at radius 1 is 1.44 bits per heavy atom. The highest BCUT2D eigenvalue weighted by atomic mass is 32.2. The number of rotatable bonds is 5. The standard InChI is InChI=1S/C12H23NO4S/c1-12(2,17-3)11(14)8-10-6-5-7-13(9-10)18(4,15)16/h10H,5-9H2,1-4H3. The van der Waals surface area contributed by atoms with E-state index in [0.29, 0.717) is 19.5 Å². The van der Waals surface area contributed by atoms with Crippen LogP contribution in [-0.2, 0) is 19.6 Å². The van der Waals surface area contributed by atoms with Gasteiger partial charge in [0.2, 0.25) is 10.0 Å². The first kappa shape index (κ1) is 15.6. The van der Waals surface area contributed by atoms with Gasteiger partial charge in [-0.15, -0.1) is 0 Å². The molecule has 0 aromatic heterocycles. The molecule has 0 saturated carbocycles. The minimum absolute atomic E-state index is 0.0327. The maximum atomic E-state index is 12.0. The van der Waals surface area contributed by atoms with E-state index >= 15 is 0 Å². The summed E-state index contributed by atoms with van der Waals surface area (Å²) in [7, 11) is -1.63. The lowest BCUT2D eigenvalue weighted by Crippen LogP contribution is -2.42. The number of piperidine rings is 1. The zero-order chi connectivity index (χ0) is 14.0. The first-order valence-electron chi connectivity index (χ1n) is 6.20. The van der Waals surface area contributed by atoms with Crippen molar-refractivity contribution in [1.29, 1.82) is 0 Å². The molecule has 0 amide bonds. The van der Waals surface area contributed by atoms with E-state index < -0.39 is 15.6 Å². The van der Waals surface area contributed by atoms with Crippen LogP contribution in [0.2, 0.25) is 0 Å². The van der Waals surface area contributed by atoms with Gasteiger partial charge in [0.25, 0.3) is 0 Å². The zero-order valence-corrected chi connectivity index (χ0v) is 12.4. The number of sulfonamides is 1. The maximum absolute atomic E-state index is 12.0. The Morgan fingerprint density at radius 2 is 2.06 bits per heavy atom. The molecule has 18 heavy (non-hydrogen) atoms. The molecule has 0 aromatic carbocycles. The van der Waals surface area contributed by atoms with Crippen molar-refractivity contribution in [2.75, 3.05) is 26.5 Å². The van der Waals surface area contributed by atoms with E-state index in [1.807, 2.05) is 0 Å². The van der Waals surface area contributed by atoms with Gasteiger partial charge in [0.1, 0.15) is 5.60 Å². The number of hydrogen-bond donors (Lipinski definition) is 0. The van der Waals surface area contributed by atoms with Crippen LogP contribution in [0, 0.1) is 5.92 Å². The maximum Gasteiger partial charge on any atom is 0.211 e. The van der Waals surface area contributed by atoms with E-state index in [2.05, 4.69) is 0 Å². The number of nitrogens with zero attached hydrogens (tertiary/aromatic N) is 1. The lowest BCUT2D eigenvalue weighted by atomic mass is 9.89. The quantitative estimate of drug-likeness (QED) is 0.753. The molecule has 1 saturated heterocycles. The lowest BCUT2D eigenvalue weighted by molar-refractivity contribution is -0.138. The molecule has 1 unspecified atom stereocenters. The summed E-state index contributed by atoms with van der Waals surface area (Å²) in [6.07, 6.45) is 3.32. The Bertz CT molecular complexity index is 402. The molecular formula is C12H23NO4S. The van der Waals surface area contributed by atoms with Crippen LogP contribution in [0.4, 0.5) is 0 Å². The second kappa shape index (κ2) is 5.67. The van der Waals surface area contributed by atoms with Crippen LogP contribution in [0.15, 0.2) is 0 Å². The van der Waals surface area contributed by atoms with Gasteiger partial charge in [-0.05, 0) is 32.6 Å². The number of methoxy groups -OCH3 is 1. The van der Waals surface area contributed by atoms with Gasteiger partial charge in [-0.25, -0.2) is 12.7 Å². The van der Waals surface area contributed by atoms with Crippen molar-refractivity contribution < 1.29 is 17.9 Å². The van der Waals surface area contributed by atoms with Crippen LogP contribution in [0.25, 0.3) is 0 Å². The lowest BCUT2D eigenvalue weighted by Gasteiger charge is -2.32. The third-order valence-electron chi connectivity index (χ3n) is 3.61. The van der Waals surface area contributed by atoms with Crippen molar-refractivity contribution in [2.45, 2.75) is 38.7 Å². The minimum atomic E-state index is -3.14. The fraction of sp³-hybridized carbons (Fsp3) is 0.917. The molecule has 1 heterocycles. The summed E-state index contributed by atoms with van der Waals surface area (Å²) < 4.78 is 29.6. The molecule has 1 fully saturated rings. The third-order valence-corrected chi connectivity index (χ3v) is 4.88. The fourth-order valence-electron chi connectivity index (χ4n) is 2.12. The molecule has 0 aromatic rings. The van der Waals surface area contributed by atoms with Crippen LogP contribution in [-0.4, -0.2) is 50.6 Å². The highest BCUT2D eigenvalue weighted by Crippen LogP contribution is 2.24. The monoisotopic (exact) mass is 277 g/mol. The predicted molar refractivity (Wildman–Crippen MR) is 69.9 cm³/mol. The molecule has 1 aliphatic heterocycles. The van der Waals surface area contributed by atoms with Gasteiger partial charge in [-0.2, -0.15) is 0 Å². The van der Waals surface area contributed by atoms with Gasteiger partial charge in [0, 0.05) is 26.6 Å². The first-order chi connectivity index (χ1) is 8.16. The van der Waals surface area contributed by atoms with Gasteiger partial charge in [0.15, 0.2) is 5.78 Å². The molecule has 1 atom stereocenters. The molecular weight excluding hydrogens is 254 g/mol. The van der Waals surface area contributed by atoms with Crippen LogP contribution in [0.5, 0.6) is 0 Å². The SMILES string of the molecule is COC(C)(C)C(=O)CC1CCCN(S(C)(=O)=O)C1. The molecule has 1 rings (SSSR count). The molecule has 0 bridgehead atoms. The van der Waals surface area contributed by atoms with Crippen LogP contribution in [0.3, 0.4) is 0 Å². The van der Waals surface area contributed by atoms with E-state index in [1.54, 1.807) is 13.8 Å². The molecule has 5 nitrogen and oxygen atoms in total. The van der Waals surface area contributed by atoms with Crippen LogP contribution < -0.4 is 0 Å². The van der Waals surface area contributed by atoms with E-state index in [4.69, 9.17) is 4.74 Å². The van der Waals surface area contributed by atoms with E-state index in [-0.39, 0.29) is 11.7 Å². The van der Waals surface area contributed by atoms with Gasteiger partial charge >= 0.3 is 0 Å². The Hall–Kier alpha value is -0.460. The second-order valence-electron chi connectivity index (χ2n) is 5.47. The average molecular weight is 277 g/mol. The third kappa shape index (κ3) is 4.03. The zero-order valence-electron chi connectivity index (χ0n) is 11.6. The van der Waals surface area contributed by atoms with Gasteiger partial charge in [-0.3, -0.25) is 4.79 Å². The Kier molecular flexibility index (Phi) is 4.91. The Morgan fingerprint density at radius 3 is 2.56 bits per heavy atom. The van der Waals surface area contributed by atoms with Crippen molar-refractivity contribution in [3.8, 4) is 0 Å². The predicted octanol–water partition coefficient (Wildman–Crippen LogP) is 1.04. The number of carbonyl (C=O) groups is 1. The summed E-state index contributed by atoms with van der Waals surface area (Å²) in [5, 5.41) is 0. The highest BCUT2D eigenvalue weighted by molar-refractivity contribution is 7.88. The van der Waals surface area contributed by atoms with Crippen molar-refractivity contribution in [3.05, 3.63) is 0 Å². The van der Waals surface area contributed by atoms with Gasteiger partial charge in [0.05, 0.1) is 6.26 Å². The topological polar surface area (TPSA) is 63.7 Å². The summed E-state index contributed by atoms with van der Waals surface area (Å²) in [6, 6.07) is 0. The molecule has 6 heteroatoms. The number of ketones is 1. The Labute approximate surface area is 110 Å².